The molecule has 0 aliphatic heterocycles. The highest BCUT2D eigenvalue weighted by Gasteiger charge is 2.18. The number of rotatable bonds is 5. The largest absolute Gasteiger partial charge is 0.493 e. The predicted molar refractivity (Wildman–Crippen MR) is 75.4 cm³/mol. The lowest BCUT2D eigenvalue weighted by Gasteiger charge is -2.11. The van der Waals surface area contributed by atoms with E-state index in [1.165, 1.54) is 19.2 Å². The zero-order valence-corrected chi connectivity index (χ0v) is 11.5. The quantitative estimate of drug-likeness (QED) is 0.621. The molecule has 0 saturated heterocycles. The van der Waals surface area contributed by atoms with Crippen molar-refractivity contribution in [3.05, 3.63) is 63.2 Å². The maximum absolute atomic E-state index is 10.8. The monoisotopic (exact) mass is 293 g/mol. The Kier molecular flexibility index (Phi) is 4.42. The van der Waals surface area contributed by atoms with E-state index < -0.39 is 4.92 Å². The summed E-state index contributed by atoms with van der Waals surface area (Å²) in [6, 6.07) is 12.2. The average molecular weight is 294 g/mol. The number of nitro groups is 1. The third kappa shape index (κ3) is 3.19. The molecule has 0 spiro atoms. The number of nitro benzene ring substituents is 1. The van der Waals surface area contributed by atoms with Crippen molar-refractivity contribution in [3.8, 4) is 11.5 Å². The van der Waals surface area contributed by atoms with Gasteiger partial charge in [0.15, 0.2) is 11.5 Å². The Morgan fingerprint density at radius 2 is 1.90 bits per heavy atom. The van der Waals surface area contributed by atoms with Gasteiger partial charge in [0.05, 0.1) is 18.1 Å². The van der Waals surface area contributed by atoms with E-state index in [2.05, 4.69) is 0 Å². The zero-order valence-electron chi connectivity index (χ0n) is 10.7. The summed E-state index contributed by atoms with van der Waals surface area (Å²) < 4.78 is 10.7. The van der Waals surface area contributed by atoms with Gasteiger partial charge in [0, 0.05) is 6.07 Å². The Morgan fingerprint density at radius 3 is 2.50 bits per heavy atom. The second kappa shape index (κ2) is 6.25. The Morgan fingerprint density at radius 1 is 1.20 bits per heavy atom. The van der Waals surface area contributed by atoms with Gasteiger partial charge in [0.25, 0.3) is 5.69 Å². The van der Waals surface area contributed by atoms with Crippen molar-refractivity contribution in [1.82, 2.24) is 0 Å². The van der Waals surface area contributed by atoms with Crippen LogP contribution >= 0.6 is 11.6 Å². The van der Waals surface area contributed by atoms with Crippen molar-refractivity contribution in [1.29, 1.82) is 0 Å². The molecule has 0 N–H and O–H groups in total. The number of methoxy groups -OCH3 is 1. The highest BCUT2D eigenvalue weighted by Crippen LogP contribution is 2.37. The summed E-state index contributed by atoms with van der Waals surface area (Å²) >= 11 is 5.86. The first kappa shape index (κ1) is 14.1. The zero-order chi connectivity index (χ0) is 14.5. The molecule has 20 heavy (non-hydrogen) atoms. The molecule has 0 aromatic heterocycles. The predicted octanol–water partition coefficient (Wildman–Crippen LogP) is 3.84. The van der Waals surface area contributed by atoms with Gasteiger partial charge in [-0.2, -0.15) is 0 Å². The highest BCUT2D eigenvalue weighted by atomic mass is 35.5. The summed E-state index contributed by atoms with van der Waals surface area (Å²) in [4.78, 5) is 10.2. The Bertz CT molecular complexity index is 616. The van der Waals surface area contributed by atoms with Gasteiger partial charge in [-0.25, -0.2) is 0 Å². The van der Waals surface area contributed by atoms with Crippen LogP contribution in [0.1, 0.15) is 5.56 Å². The van der Waals surface area contributed by atoms with E-state index in [4.69, 9.17) is 21.1 Å². The molecule has 0 atom stereocenters. The molecule has 0 amide bonds. The SMILES string of the molecule is COc1cc([N+](=O)[O-])c(Cl)cc1OCc1ccccc1. The number of halogens is 1. The van der Waals surface area contributed by atoms with Crippen LogP contribution in [0, 0.1) is 10.1 Å². The molecule has 0 unspecified atom stereocenters. The standard InChI is InChI=1S/C14H12ClNO4/c1-19-13-8-12(16(17)18)11(15)7-14(13)20-9-10-5-3-2-4-6-10/h2-8H,9H2,1H3. The van der Waals surface area contributed by atoms with Crippen LogP contribution in [0.15, 0.2) is 42.5 Å². The van der Waals surface area contributed by atoms with Gasteiger partial charge in [0.2, 0.25) is 0 Å². The summed E-state index contributed by atoms with van der Waals surface area (Å²) in [7, 11) is 1.42. The molecule has 2 aromatic carbocycles. The highest BCUT2D eigenvalue weighted by molar-refractivity contribution is 6.32. The maximum atomic E-state index is 10.8. The summed E-state index contributed by atoms with van der Waals surface area (Å²) in [5, 5.41) is 10.8. The minimum Gasteiger partial charge on any atom is -0.493 e. The fraction of sp³-hybridized carbons (Fsp3) is 0.143. The van der Waals surface area contributed by atoms with E-state index >= 15 is 0 Å². The van der Waals surface area contributed by atoms with Crippen molar-refractivity contribution in [2.75, 3.05) is 7.11 Å². The molecule has 0 aliphatic rings. The first-order valence-corrected chi connectivity index (χ1v) is 6.18. The molecule has 5 nitrogen and oxygen atoms in total. The first-order valence-electron chi connectivity index (χ1n) is 5.80. The number of ether oxygens (including phenoxy) is 2. The molecule has 0 radical (unpaired) electrons. The van der Waals surface area contributed by atoms with Crippen LogP contribution in [-0.4, -0.2) is 12.0 Å². The van der Waals surface area contributed by atoms with Gasteiger partial charge < -0.3 is 9.47 Å². The molecule has 0 fully saturated rings. The van der Waals surface area contributed by atoms with Gasteiger partial charge in [0.1, 0.15) is 11.6 Å². The second-order valence-corrected chi connectivity index (χ2v) is 4.39. The molecular weight excluding hydrogens is 282 g/mol. The van der Waals surface area contributed by atoms with Crippen molar-refractivity contribution in [2.24, 2.45) is 0 Å². The minimum absolute atomic E-state index is 0.0128. The van der Waals surface area contributed by atoms with Crippen molar-refractivity contribution >= 4 is 17.3 Å². The number of nitrogens with zero attached hydrogens (tertiary/aromatic N) is 1. The topological polar surface area (TPSA) is 61.6 Å². The van der Waals surface area contributed by atoms with E-state index in [-0.39, 0.29) is 16.5 Å². The van der Waals surface area contributed by atoms with Crippen LogP contribution in [0.3, 0.4) is 0 Å². The molecule has 0 heterocycles. The lowest BCUT2D eigenvalue weighted by atomic mass is 10.2. The Labute approximate surface area is 120 Å². The molecule has 104 valence electrons. The van der Waals surface area contributed by atoms with E-state index in [0.29, 0.717) is 12.4 Å². The van der Waals surface area contributed by atoms with Gasteiger partial charge in [-0.1, -0.05) is 41.9 Å². The molecule has 2 aromatic rings. The van der Waals surface area contributed by atoms with Crippen LogP contribution in [0.4, 0.5) is 5.69 Å². The van der Waals surface area contributed by atoms with Gasteiger partial charge in [-0.15, -0.1) is 0 Å². The molecule has 0 saturated carbocycles. The van der Waals surface area contributed by atoms with Gasteiger partial charge in [-0.05, 0) is 5.56 Å². The minimum atomic E-state index is -0.564. The molecule has 0 bridgehead atoms. The van der Waals surface area contributed by atoms with Gasteiger partial charge >= 0.3 is 0 Å². The fourth-order valence-corrected chi connectivity index (χ4v) is 1.89. The third-order valence-corrected chi connectivity index (χ3v) is 2.97. The summed E-state index contributed by atoms with van der Waals surface area (Å²) in [5.41, 5.74) is 0.764. The van der Waals surface area contributed by atoms with E-state index in [0.717, 1.165) is 5.56 Å². The van der Waals surface area contributed by atoms with Crippen LogP contribution in [0.25, 0.3) is 0 Å². The van der Waals surface area contributed by atoms with E-state index in [1.807, 2.05) is 30.3 Å². The smallest absolute Gasteiger partial charge is 0.291 e. The van der Waals surface area contributed by atoms with Crippen molar-refractivity contribution in [3.63, 3.8) is 0 Å². The van der Waals surface area contributed by atoms with Crippen LogP contribution in [-0.2, 0) is 6.61 Å². The molecule has 2 rings (SSSR count). The van der Waals surface area contributed by atoms with Crippen molar-refractivity contribution in [2.45, 2.75) is 6.61 Å². The molecule has 0 aliphatic carbocycles. The summed E-state index contributed by atoms with van der Waals surface area (Å²) in [5.74, 6) is 0.643. The number of benzene rings is 2. The van der Waals surface area contributed by atoms with Crippen LogP contribution in [0.5, 0.6) is 11.5 Å². The van der Waals surface area contributed by atoms with E-state index in [9.17, 15) is 10.1 Å². The molecular formula is C14H12ClNO4. The normalized spacial score (nSPS) is 10.1. The number of hydrogen-bond donors (Lipinski definition) is 0. The second-order valence-electron chi connectivity index (χ2n) is 3.99. The number of hydrogen-bond acceptors (Lipinski definition) is 4. The Balaban J connectivity index is 2.23. The fourth-order valence-electron chi connectivity index (χ4n) is 1.67. The van der Waals surface area contributed by atoms with Crippen molar-refractivity contribution < 1.29 is 14.4 Å². The summed E-state index contributed by atoms with van der Waals surface area (Å²) in [6.07, 6.45) is 0. The van der Waals surface area contributed by atoms with Gasteiger partial charge in [-0.3, -0.25) is 10.1 Å². The Hall–Kier alpha value is -2.27. The maximum Gasteiger partial charge on any atom is 0.291 e. The molecule has 6 heteroatoms. The summed E-state index contributed by atoms with van der Waals surface area (Å²) in [6.45, 7) is 0.325. The van der Waals surface area contributed by atoms with E-state index in [1.54, 1.807) is 0 Å². The lowest BCUT2D eigenvalue weighted by Crippen LogP contribution is -1.99. The van der Waals surface area contributed by atoms with Crippen LogP contribution < -0.4 is 9.47 Å². The first-order chi connectivity index (χ1) is 9.61. The lowest BCUT2D eigenvalue weighted by molar-refractivity contribution is -0.384. The average Bonchev–Trinajstić information content (AvgIpc) is 2.46. The third-order valence-electron chi connectivity index (χ3n) is 2.67. The van der Waals surface area contributed by atoms with Crippen LogP contribution in [0.2, 0.25) is 5.02 Å².